The van der Waals surface area contributed by atoms with Crippen LogP contribution in [0.1, 0.15) is 16.7 Å². The number of hydrogen-bond acceptors (Lipinski definition) is 2. The zero-order chi connectivity index (χ0) is 13.0. The van der Waals surface area contributed by atoms with E-state index in [4.69, 9.17) is 11.6 Å². The highest BCUT2D eigenvalue weighted by atomic mass is 35.5. The van der Waals surface area contributed by atoms with Gasteiger partial charge in [-0.2, -0.15) is 0 Å². The van der Waals surface area contributed by atoms with Crippen LogP contribution in [-0.4, -0.2) is 5.11 Å². The number of halogens is 1. The summed E-state index contributed by atoms with van der Waals surface area (Å²) in [6, 6.07) is 5.90. The lowest BCUT2D eigenvalue weighted by atomic mass is 10.0. The van der Waals surface area contributed by atoms with E-state index in [0.29, 0.717) is 5.75 Å². The molecule has 0 unspecified atom stereocenters. The summed E-state index contributed by atoms with van der Waals surface area (Å²) in [7, 11) is 0. The van der Waals surface area contributed by atoms with Gasteiger partial charge in [-0.25, -0.2) is 0 Å². The predicted octanol–water partition coefficient (Wildman–Crippen LogP) is 5.34. The van der Waals surface area contributed by atoms with Crippen LogP contribution in [0.3, 0.4) is 0 Å². The first-order valence-corrected chi connectivity index (χ1v) is 7.00. The summed E-state index contributed by atoms with van der Waals surface area (Å²) in [5.74, 6) is 0.356. The maximum absolute atomic E-state index is 9.80. The van der Waals surface area contributed by atoms with Crippen molar-refractivity contribution in [3.05, 3.63) is 39.9 Å². The number of aryl methyl sites for hydroxylation is 3. The molecule has 0 radical (unpaired) electrons. The van der Waals surface area contributed by atoms with Gasteiger partial charge in [0.2, 0.25) is 0 Å². The first-order valence-electron chi connectivity index (χ1n) is 5.81. The van der Waals surface area contributed by atoms with Gasteiger partial charge in [-0.1, -0.05) is 11.6 Å². The molecule has 0 spiro atoms. The van der Waals surface area contributed by atoms with Gasteiger partial charge in [-0.15, -0.1) is 11.3 Å². The van der Waals surface area contributed by atoms with E-state index in [1.165, 1.54) is 15.5 Å². The summed E-state index contributed by atoms with van der Waals surface area (Å²) in [4.78, 5) is 0. The molecule has 0 fully saturated rings. The Labute approximate surface area is 115 Å². The van der Waals surface area contributed by atoms with Crippen LogP contribution < -0.4 is 0 Å². The van der Waals surface area contributed by atoms with Crippen LogP contribution in [0.5, 0.6) is 5.75 Å². The standard InChI is InChI=1S/C15H13ClOS/c1-7-6-11-10-4-5-12(17)8(2)14(10)18-15(11)9(3)13(7)16/h4-6,17H,1-3H3. The third-order valence-corrected chi connectivity index (χ3v) is 5.54. The lowest BCUT2D eigenvalue weighted by Crippen LogP contribution is -1.81. The van der Waals surface area contributed by atoms with Gasteiger partial charge < -0.3 is 5.11 Å². The van der Waals surface area contributed by atoms with E-state index in [-0.39, 0.29) is 0 Å². The van der Waals surface area contributed by atoms with Crippen molar-refractivity contribution >= 4 is 43.1 Å². The molecule has 0 amide bonds. The molecule has 92 valence electrons. The predicted molar refractivity (Wildman–Crippen MR) is 80.2 cm³/mol. The van der Waals surface area contributed by atoms with Crippen LogP contribution in [0.4, 0.5) is 0 Å². The molecular formula is C15H13ClOS. The van der Waals surface area contributed by atoms with E-state index in [1.807, 2.05) is 19.9 Å². The van der Waals surface area contributed by atoms with E-state index in [9.17, 15) is 5.11 Å². The van der Waals surface area contributed by atoms with Crippen LogP contribution >= 0.6 is 22.9 Å². The van der Waals surface area contributed by atoms with Gasteiger partial charge >= 0.3 is 0 Å². The smallest absolute Gasteiger partial charge is 0.119 e. The largest absolute Gasteiger partial charge is 0.508 e. The number of rotatable bonds is 0. The average molecular weight is 277 g/mol. The molecule has 3 heteroatoms. The molecule has 0 aliphatic heterocycles. The second-order valence-electron chi connectivity index (χ2n) is 4.70. The summed E-state index contributed by atoms with van der Waals surface area (Å²) in [5, 5.41) is 13.1. The Morgan fingerprint density at radius 3 is 2.39 bits per heavy atom. The molecule has 0 saturated carbocycles. The highest BCUT2D eigenvalue weighted by Crippen LogP contribution is 2.42. The second kappa shape index (κ2) is 3.87. The van der Waals surface area contributed by atoms with E-state index in [1.54, 1.807) is 17.4 Å². The van der Waals surface area contributed by atoms with Crippen LogP contribution in [0.25, 0.3) is 20.2 Å². The summed E-state index contributed by atoms with van der Waals surface area (Å²) < 4.78 is 2.36. The van der Waals surface area contributed by atoms with E-state index in [0.717, 1.165) is 26.4 Å². The number of phenols is 1. The Balaban J connectivity index is 2.59. The van der Waals surface area contributed by atoms with Gasteiger partial charge in [0.1, 0.15) is 5.75 Å². The molecule has 0 bridgehead atoms. The highest BCUT2D eigenvalue weighted by Gasteiger charge is 2.14. The van der Waals surface area contributed by atoms with Crippen molar-refractivity contribution < 1.29 is 5.11 Å². The maximum Gasteiger partial charge on any atom is 0.119 e. The fraction of sp³-hybridized carbons (Fsp3) is 0.200. The van der Waals surface area contributed by atoms with Crippen LogP contribution in [0, 0.1) is 20.8 Å². The maximum atomic E-state index is 9.80. The summed E-state index contributed by atoms with van der Waals surface area (Å²) in [6.07, 6.45) is 0. The second-order valence-corrected chi connectivity index (χ2v) is 6.10. The molecule has 3 rings (SSSR count). The zero-order valence-electron chi connectivity index (χ0n) is 10.5. The monoisotopic (exact) mass is 276 g/mol. The summed E-state index contributed by atoms with van der Waals surface area (Å²) in [5.41, 5.74) is 3.18. The van der Waals surface area contributed by atoms with Gasteiger partial charge in [0.15, 0.2) is 0 Å². The van der Waals surface area contributed by atoms with Gasteiger partial charge in [-0.3, -0.25) is 0 Å². The normalized spacial score (nSPS) is 11.6. The number of hydrogen-bond donors (Lipinski definition) is 1. The van der Waals surface area contributed by atoms with E-state index < -0.39 is 0 Å². The quantitative estimate of drug-likeness (QED) is 0.588. The minimum absolute atomic E-state index is 0.356. The molecule has 0 atom stereocenters. The Hall–Kier alpha value is -1.25. The van der Waals surface area contributed by atoms with Crippen molar-refractivity contribution in [3.63, 3.8) is 0 Å². The lowest BCUT2D eigenvalue weighted by Gasteiger charge is -2.03. The fourth-order valence-corrected chi connectivity index (χ4v) is 3.89. The molecule has 0 saturated heterocycles. The van der Waals surface area contributed by atoms with Crippen molar-refractivity contribution in [1.82, 2.24) is 0 Å². The Morgan fingerprint density at radius 1 is 1.00 bits per heavy atom. The van der Waals surface area contributed by atoms with Crippen LogP contribution in [-0.2, 0) is 0 Å². The van der Waals surface area contributed by atoms with Crippen LogP contribution in [0.15, 0.2) is 18.2 Å². The molecule has 1 nitrogen and oxygen atoms in total. The van der Waals surface area contributed by atoms with E-state index >= 15 is 0 Å². The summed E-state index contributed by atoms with van der Waals surface area (Å²) in [6.45, 7) is 6.05. The van der Waals surface area contributed by atoms with Crippen molar-refractivity contribution in [1.29, 1.82) is 0 Å². The highest BCUT2D eigenvalue weighted by molar-refractivity contribution is 7.26. The van der Waals surface area contributed by atoms with Crippen molar-refractivity contribution in [2.24, 2.45) is 0 Å². The lowest BCUT2D eigenvalue weighted by molar-refractivity contribution is 0.472. The zero-order valence-corrected chi connectivity index (χ0v) is 12.0. The fourth-order valence-electron chi connectivity index (χ4n) is 2.40. The number of fused-ring (bicyclic) bond motifs is 3. The molecule has 0 aliphatic carbocycles. The molecule has 1 aromatic heterocycles. The minimum atomic E-state index is 0.356. The van der Waals surface area contributed by atoms with E-state index in [2.05, 4.69) is 13.0 Å². The summed E-state index contributed by atoms with van der Waals surface area (Å²) >= 11 is 8.02. The molecule has 1 heterocycles. The van der Waals surface area contributed by atoms with Crippen LogP contribution in [0.2, 0.25) is 5.02 Å². The number of aromatic hydroxyl groups is 1. The molecule has 2 aromatic carbocycles. The molecular weight excluding hydrogens is 264 g/mol. The Bertz CT molecular complexity index is 786. The third kappa shape index (κ3) is 1.46. The Morgan fingerprint density at radius 2 is 1.67 bits per heavy atom. The number of phenolic OH excluding ortho intramolecular Hbond substituents is 1. The van der Waals surface area contributed by atoms with Gasteiger partial charge in [-0.05, 0) is 50.1 Å². The third-order valence-electron chi connectivity index (χ3n) is 3.49. The van der Waals surface area contributed by atoms with Crippen molar-refractivity contribution in [2.45, 2.75) is 20.8 Å². The van der Waals surface area contributed by atoms with Crippen molar-refractivity contribution in [3.8, 4) is 5.75 Å². The molecule has 3 aromatic rings. The van der Waals surface area contributed by atoms with Gasteiger partial charge in [0.25, 0.3) is 0 Å². The SMILES string of the molecule is Cc1cc2c(sc3c(C)c(O)ccc32)c(C)c1Cl. The van der Waals surface area contributed by atoms with Gasteiger partial charge in [0.05, 0.1) is 0 Å². The number of thiophene rings is 1. The van der Waals surface area contributed by atoms with Gasteiger partial charge in [0, 0.05) is 30.8 Å². The van der Waals surface area contributed by atoms with Crippen molar-refractivity contribution in [2.75, 3.05) is 0 Å². The first-order chi connectivity index (χ1) is 8.50. The topological polar surface area (TPSA) is 20.2 Å². The molecule has 0 aliphatic rings. The number of benzene rings is 2. The molecule has 1 N–H and O–H groups in total. The first kappa shape index (κ1) is 11.8. The average Bonchev–Trinajstić information content (AvgIpc) is 2.71. The Kier molecular flexibility index (Phi) is 2.54. The minimum Gasteiger partial charge on any atom is -0.508 e. The molecule has 18 heavy (non-hydrogen) atoms.